The highest BCUT2D eigenvalue weighted by molar-refractivity contribution is 5.24. The van der Waals surface area contributed by atoms with E-state index in [2.05, 4.69) is 22.3 Å². The van der Waals surface area contributed by atoms with Gasteiger partial charge in [0.2, 0.25) is 0 Å². The Morgan fingerprint density at radius 2 is 2.17 bits per heavy atom. The Morgan fingerprint density at radius 1 is 1.39 bits per heavy atom. The van der Waals surface area contributed by atoms with Crippen LogP contribution in [0.25, 0.3) is 0 Å². The summed E-state index contributed by atoms with van der Waals surface area (Å²) in [5.74, 6) is 1.89. The van der Waals surface area contributed by atoms with E-state index in [0.29, 0.717) is 12.1 Å². The molecule has 1 N–H and O–H groups in total. The second kappa shape index (κ2) is 4.67. The van der Waals surface area contributed by atoms with Crippen LogP contribution in [0.4, 0.5) is 0 Å². The number of hydrogen-bond acceptors (Lipinski definition) is 4. The molecule has 0 bridgehead atoms. The number of nitrogens with zero attached hydrogens (tertiary/aromatic N) is 2. The van der Waals surface area contributed by atoms with E-state index in [-0.39, 0.29) is 0 Å². The summed E-state index contributed by atoms with van der Waals surface area (Å²) in [5, 5.41) is 7.74. The Morgan fingerprint density at radius 3 is 2.78 bits per heavy atom. The molecule has 2 fully saturated rings. The molecule has 1 aromatic heterocycles. The van der Waals surface area contributed by atoms with Crippen molar-refractivity contribution >= 4 is 0 Å². The molecule has 1 aliphatic heterocycles. The summed E-state index contributed by atoms with van der Waals surface area (Å²) in [6, 6.07) is 1.11. The van der Waals surface area contributed by atoms with E-state index in [4.69, 9.17) is 4.52 Å². The number of nitrogens with one attached hydrogen (secondary N) is 1. The third kappa shape index (κ3) is 2.19. The summed E-state index contributed by atoms with van der Waals surface area (Å²) >= 11 is 0. The molecule has 0 amide bonds. The van der Waals surface area contributed by atoms with Crippen LogP contribution in [0.3, 0.4) is 0 Å². The van der Waals surface area contributed by atoms with Crippen molar-refractivity contribution in [1.29, 1.82) is 0 Å². The summed E-state index contributed by atoms with van der Waals surface area (Å²) in [4.78, 5) is 2.58. The van der Waals surface area contributed by atoms with Crippen molar-refractivity contribution in [2.24, 2.45) is 5.92 Å². The monoisotopic (exact) mass is 249 g/mol. The molecule has 0 spiro atoms. The minimum Gasteiger partial charge on any atom is -0.361 e. The van der Waals surface area contributed by atoms with E-state index in [1.54, 1.807) is 0 Å². The number of aromatic nitrogens is 1. The van der Waals surface area contributed by atoms with Crippen molar-refractivity contribution in [1.82, 2.24) is 15.4 Å². The third-order valence-electron chi connectivity index (χ3n) is 4.48. The minimum atomic E-state index is 0.416. The Bertz CT molecular complexity index is 405. The maximum Gasteiger partial charge on any atom is 0.138 e. The first-order valence-corrected chi connectivity index (χ1v) is 7.07. The van der Waals surface area contributed by atoms with Gasteiger partial charge >= 0.3 is 0 Å². The van der Waals surface area contributed by atoms with Crippen molar-refractivity contribution in [2.75, 3.05) is 19.6 Å². The van der Waals surface area contributed by atoms with Gasteiger partial charge in [0, 0.05) is 37.3 Å². The van der Waals surface area contributed by atoms with Crippen LogP contribution in [0.15, 0.2) is 4.52 Å². The predicted molar refractivity (Wildman–Crippen MR) is 70.5 cm³/mol. The summed E-state index contributed by atoms with van der Waals surface area (Å²) < 4.78 is 5.30. The molecule has 18 heavy (non-hydrogen) atoms. The van der Waals surface area contributed by atoms with Gasteiger partial charge in [-0.2, -0.15) is 0 Å². The lowest BCUT2D eigenvalue weighted by Gasteiger charge is -2.37. The molecule has 2 heterocycles. The molecule has 3 rings (SSSR count). The fraction of sp³-hybridized carbons (Fsp3) is 0.786. The fourth-order valence-corrected chi connectivity index (χ4v) is 3.24. The van der Waals surface area contributed by atoms with E-state index in [9.17, 15) is 0 Å². The summed E-state index contributed by atoms with van der Waals surface area (Å²) in [7, 11) is 0. The topological polar surface area (TPSA) is 41.3 Å². The molecule has 2 atom stereocenters. The molecular formula is C14H23N3O. The molecule has 1 aromatic rings. The van der Waals surface area contributed by atoms with Gasteiger partial charge in [-0.25, -0.2) is 0 Å². The van der Waals surface area contributed by atoms with Crippen LogP contribution in [0.5, 0.6) is 0 Å². The zero-order chi connectivity index (χ0) is 12.7. The Labute approximate surface area is 109 Å². The summed E-state index contributed by atoms with van der Waals surface area (Å²) in [5.41, 5.74) is 2.33. The van der Waals surface area contributed by atoms with Crippen LogP contribution >= 0.6 is 0 Å². The normalized spacial score (nSPS) is 27.4. The van der Waals surface area contributed by atoms with Crippen LogP contribution in [-0.4, -0.2) is 35.7 Å². The molecule has 4 nitrogen and oxygen atoms in total. The van der Waals surface area contributed by atoms with E-state index in [1.807, 2.05) is 13.8 Å². The maximum absolute atomic E-state index is 5.30. The van der Waals surface area contributed by atoms with Gasteiger partial charge in [0.1, 0.15) is 5.76 Å². The van der Waals surface area contributed by atoms with Gasteiger partial charge in [0.05, 0.1) is 5.69 Å². The molecule has 1 saturated carbocycles. The highest BCUT2D eigenvalue weighted by atomic mass is 16.5. The lowest BCUT2D eigenvalue weighted by Crippen LogP contribution is -2.52. The highest BCUT2D eigenvalue weighted by Gasteiger charge is 2.36. The summed E-state index contributed by atoms with van der Waals surface area (Å²) in [6.07, 6.45) is 2.82. The summed E-state index contributed by atoms with van der Waals surface area (Å²) in [6.45, 7) is 9.73. The third-order valence-corrected chi connectivity index (χ3v) is 4.48. The molecule has 0 radical (unpaired) electrons. The molecule has 0 aromatic carbocycles. The van der Waals surface area contributed by atoms with Gasteiger partial charge in [-0.15, -0.1) is 0 Å². The Kier molecular flexibility index (Phi) is 3.16. The van der Waals surface area contributed by atoms with Crippen molar-refractivity contribution in [3.63, 3.8) is 0 Å². The van der Waals surface area contributed by atoms with Crippen LogP contribution < -0.4 is 5.32 Å². The van der Waals surface area contributed by atoms with Crippen LogP contribution in [0, 0.1) is 19.8 Å². The number of piperazine rings is 1. The predicted octanol–water partition coefficient (Wildman–Crippen LogP) is 2.04. The highest BCUT2D eigenvalue weighted by Crippen LogP contribution is 2.35. The average Bonchev–Trinajstić information content (AvgIpc) is 3.16. The fourth-order valence-electron chi connectivity index (χ4n) is 3.24. The van der Waals surface area contributed by atoms with Crippen molar-refractivity contribution in [3.8, 4) is 0 Å². The standard InChI is InChI=1S/C14H23N3O/c1-9-14(11(3)18-16-9)10(2)17-7-6-15-13(8-17)12-4-5-12/h10,12-13,15H,4-8H2,1-3H3. The van der Waals surface area contributed by atoms with Crippen molar-refractivity contribution in [3.05, 3.63) is 17.0 Å². The van der Waals surface area contributed by atoms with Gasteiger partial charge in [0.15, 0.2) is 0 Å². The van der Waals surface area contributed by atoms with E-state index < -0.39 is 0 Å². The number of aryl methyl sites for hydroxylation is 2. The van der Waals surface area contributed by atoms with Gasteiger partial charge < -0.3 is 9.84 Å². The first kappa shape index (κ1) is 12.2. The molecule has 2 unspecified atom stereocenters. The lowest BCUT2D eigenvalue weighted by atomic mass is 10.0. The first-order chi connectivity index (χ1) is 8.66. The molecule has 4 heteroatoms. The second-order valence-corrected chi connectivity index (χ2v) is 5.81. The number of hydrogen-bond donors (Lipinski definition) is 1. The van der Waals surface area contributed by atoms with Crippen molar-refractivity contribution in [2.45, 2.75) is 45.7 Å². The zero-order valence-corrected chi connectivity index (χ0v) is 11.6. The van der Waals surface area contributed by atoms with Crippen LogP contribution in [0.2, 0.25) is 0 Å². The molecule has 100 valence electrons. The van der Waals surface area contributed by atoms with E-state index in [1.165, 1.54) is 18.4 Å². The van der Waals surface area contributed by atoms with E-state index in [0.717, 1.165) is 37.0 Å². The average molecular weight is 249 g/mol. The quantitative estimate of drug-likeness (QED) is 0.890. The molecule has 1 saturated heterocycles. The maximum atomic E-state index is 5.30. The van der Waals surface area contributed by atoms with E-state index >= 15 is 0 Å². The minimum absolute atomic E-state index is 0.416. The Balaban J connectivity index is 1.73. The van der Waals surface area contributed by atoms with Crippen LogP contribution in [0.1, 0.15) is 42.8 Å². The largest absolute Gasteiger partial charge is 0.361 e. The van der Waals surface area contributed by atoms with Crippen LogP contribution in [-0.2, 0) is 0 Å². The smallest absolute Gasteiger partial charge is 0.138 e. The lowest BCUT2D eigenvalue weighted by molar-refractivity contribution is 0.143. The second-order valence-electron chi connectivity index (χ2n) is 5.81. The SMILES string of the molecule is Cc1noc(C)c1C(C)N1CCNC(C2CC2)C1. The van der Waals surface area contributed by atoms with Gasteiger partial charge in [-0.3, -0.25) is 4.90 Å². The Hall–Kier alpha value is -0.870. The molecule has 1 aliphatic carbocycles. The first-order valence-electron chi connectivity index (χ1n) is 7.07. The zero-order valence-electron chi connectivity index (χ0n) is 11.6. The van der Waals surface area contributed by atoms with Gasteiger partial charge in [-0.1, -0.05) is 5.16 Å². The molecular weight excluding hydrogens is 226 g/mol. The molecule has 2 aliphatic rings. The van der Waals surface area contributed by atoms with Gasteiger partial charge in [-0.05, 0) is 39.5 Å². The van der Waals surface area contributed by atoms with Crippen molar-refractivity contribution < 1.29 is 4.52 Å². The van der Waals surface area contributed by atoms with Gasteiger partial charge in [0.25, 0.3) is 0 Å². The number of rotatable bonds is 3.